The van der Waals surface area contributed by atoms with E-state index in [1.165, 1.54) is 6.08 Å². The molecule has 0 aliphatic heterocycles. The van der Waals surface area contributed by atoms with Gasteiger partial charge in [-0.3, -0.25) is 19.2 Å². The zero-order chi connectivity index (χ0) is 15.4. The van der Waals surface area contributed by atoms with Crippen molar-refractivity contribution in [2.24, 2.45) is 23.7 Å². The summed E-state index contributed by atoms with van der Waals surface area (Å²) in [6.45, 7) is 0. The lowest BCUT2D eigenvalue weighted by Gasteiger charge is -2.29. The minimum absolute atomic E-state index is 0.215. The molecule has 110 valence electrons. The summed E-state index contributed by atoms with van der Waals surface area (Å²) >= 11 is 0. The van der Waals surface area contributed by atoms with E-state index in [9.17, 15) is 19.2 Å². The minimum atomic E-state index is -1.35. The first-order valence-corrected chi connectivity index (χ1v) is 5.82. The van der Waals surface area contributed by atoms with Crippen molar-refractivity contribution in [1.29, 1.82) is 0 Å². The zero-order valence-electron chi connectivity index (χ0n) is 10.3. The Bertz CT molecular complexity index is 466. The largest absolute Gasteiger partial charge is 0.481 e. The molecule has 1 aliphatic carbocycles. The minimum Gasteiger partial charge on any atom is -0.481 e. The van der Waals surface area contributed by atoms with Gasteiger partial charge in [0.15, 0.2) is 0 Å². The van der Waals surface area contributed by atoms with Crippen LogP contribution in [0.5, 0.6) is 0 Å². The quantitative estimate of drug-likeness (QED) is 0.503. The van der Waals surface area contributed by atoms with Crippen LogP contribution in [-0.2, 0) is 19.2 Å². The molecule has 1 rings (SSSR count). The summed E-state index contributed by atoms with van der Waals surface area (Å²) in [4.78, 5) is 43.7. The van der Waals surface area contributed by atoms with E-state index in [0.29, 0.717) is 0 Å². The third-order valence-electron chi connectivity index (χ3n) is 3.36. The average molecular weight is 286 g/mol. The lowest BCUT2D eigenvalue weighted by atomic mass is 9.73. The second kappa shape index (κ2) is 6.18. The Balaban J connectivity index is 3.00. The molecule has 0 amide bonds. The third kappa shape index (κ3) is 3.56. The van der Waals surface area contributed by atoms with E-state index in [2.05, 4.69) is 0 Å². The zero-order valence-corrected chi connectivity index (χ0v) is 10.3. The molecule has 0 fully saturated rings. The Morgan fingerprint density at radius 3 is 2.00 bits per heavy atom. The second-order valence-electron chi connectivity index (χ2n) is 4.64. The highest BCUT2D eigenvalue weighted by Gasteiger charge is 2.40. The van der Waals surface area contributed by atoms with Gasteiger partial charge in [-0.05, 0) is 12.3 Å². The summed E-state index contributed by atoms with van der Waals surface area (Å²) in [5.41, 5.74) is 0. The van der Waals surface area contributed by atoms with Crippen molar-refractivity contribution in [3.63, 3.8) is 0 Å². The van der Waals surface area contributed by atoms with Crippen molar-refractivity contribution in [1.82, 2.24) is 0 Å². The van der Waals surface area contributed by atoms with Crippen LogP contribution in [0.4, 0.5) is 0 Å². The SMILES string of the molecule is O=C(O)CC(C(=O)O)C1C=CC(C(=O)O)C(C(=O)O)C1. The normalized spacial score (nSPS) is 26.7. The summed E-state index contributed by atoms with van der Waals surface area (Å²) in [6.07, 6.45) is 1.56. The van der Waals surface area contributed by atoms with Crippen molar-refractivity contribution in [2.45, 2.75) is 12.8 Å². The Morgan fingerprint density at radius 2 is 1.60 bits per heavy atom. The monoisotopic (exact) mass is 286 g/mol. The topological polar surface area (TPSA) is 149 Å². The molecule has 4 atom stereocenters. The fourth-order valence-electron chi connectivity index (χ4n) is 2.33. The van der Waals surface area contributed by atoms with Crippen LogP contribution in [-0.4, -0.2) is 44.3 Å². The van der Waals surface area contributed by atoms with E-state index in [4.69, 9.17) is 20.4 Å². The van der Waals surface area contributed by atoms with Crippen molar-refractivity contribution in [2.75, 3.05) is 0 Å². The summed E-state index contributed by atoms with van der Waals surface area (Å²) in [6, 6.07) is 0. The number of hydrogen-bond donors (Lipinski definition) is 4. The van der Waals surface area contributed by atoms with E-state index in [1.54, 1.807) is 0 Å². The first kappa shape index (κ1) is 15.7. The Kier molecular flexibility index (Phi) is 4.84. The van der Waals surface area contributed by atoms with Gasteiger partial charge in [0.25, 0.3) is 0 Å². The van der Waals surface area contributed by atoms with Gasteiger partial charge in [-0.2, -0.15) is 0 Å². The third-order valence-corrected chi connectivity index (χ3v) is 3.36. The highest BCUT2D eigenvalue weighted by Crippen LogP contribution is 2.34. The van der Waals surface area contributed by atoms with Crippen molar-refractivity contribution in [3.05, 3.63) is 12.2 Å². The van der Waals surface area contributed by atoms with Crippen LogP contribution in [0.25, 0.3) is 0 Å². The van der Waals surface area contributed by atoms with E-state index >= 15 is 0 Å². The summed E-state index contributed by atoms with van der Waals surface area (Å²) < 4.78 is 0. The fourth-order valence-corrected chi connectivity index (χ4v) is 2.33. The Morgan fingerprint density at radius 1 is 1.00 bits per heavy atom. The molecule has 0 radical (unpaired) electrons. The smallest absolute Gasteiger partial charge is 0.311 e. The van der Waals surface area contributed by atoms with E-state index < -0.39 is 54.0 Å². The van der Waals surface area contributed by atoms with E-state index in [-0.39, 0.29) is 6.42 Å². The van der Waals surface area contributed by atoms with Gasteiger partial charge in [0.2, 0.25) is 0 Å². The first-order valence-electron chi connectivity index (χ1n) is 5.82. The van der Waals surface area contributed by atoms with Crippen LogP contribution in [0.1, 0.15) is 12.8 Å². The molecule has 0 saturated heterocycles. The molecule has 0 bridgehead atoms. The highest BCUT2D eigenvalue weighted by molar-refractivity contribution is 5.82. The summed E-state index contributed by atoms with van der Waals surface area (Å²) in [5, 5.41) is 35.6. The van der Waals surface area contributed by atoms with Gasteiger partial charge in [-0.15, -0.1) is 0 Å². The Labute approximate surface area is 113 Å². The van der Waals surface area contributed by atoms with Gasteiger partial charge in [0.1, 0.15) is 0 Å². The molecule has 0 aromatic rings. The van der Waals surface area contributed by atoms with Crippen LogP contribution in [0.15, 0.2) is 12.2 Å². The standard InChI is InChI=1S/C12H14O8/c13-9(14)4-7(11(17)18)5-1-2-6(10(15)16)8(3-5)12(19)20/h1-2,5-8H,3-4H2,(H,13,14)(H,15,16)(H,17,18)(H,19,20). The second-order valence-corrected chi connectivity index (χ2v) is 4.64. The highest BCUT2D eigenvalue weighted by atomic mass is 16.4. The number of carboxylic acids is 4. The predicted molar refractivity (Wildman–Crippen MR) is 62.9 cm³/mol. The molecule has 20 heavy (non-hydrogen) atoms. The van der Waals surface area contributed by atoms with Crippen LogP contribution < -0.4 is 0 Å². The van der Waals surface area contributed by atoms with Crippen molar-refractivity contribution >= 4 is 23.9 Å². The number of aliphatic carboxylic acids is 4. The lowest BCUT2D eigenvalue weighted by Crippen LogP contribution is -2.36. The summed E-state index contributed by atoms with van der Waals surface area (Å²) in [5.74, 6) is -9.90. The first-order chi connectivity index (χ1) is 9.23. The number of hydrogen-bond acceptors (Lipinski definition) is 4. The molecule has 4 unspecified atom stereocenters. The van der Waals surface area contributed by atoms with Gasteiger partial charge in [-0.25, -0.2) is 0 Å². The fraction of sp³-hybridized carbons (Fsp3) is 0.500. The van der Waals surface area contributed by atoms with Crippen LogP contribution >= 0.6 is 0 Å². The molecule has 0 spiro atoms. The maximum Gasteiger partial charge on any atom is 0.311 e. The lowest BCUT2D eigenvalue weighted by molar-refractivity contribution is -0.155. The molecule has 0 aromatic heterocycles. The molecular weight excluding hydrogens is 272 g/mol. The van der Waals surface area contributed by atoms with Crippen molar-refractivity contribution in [3.8, 4) is 0 Å². The number of rotatable bonds is 6. The molecule has 8 heteroatoms. The maximum atomic E-state index is 11.1. The predicted octanol–water partition coefficient (Wildman–Crippen LogP) is 0.140. The average Bonchev–Trinajstić information content (AvgIpc) is 2.34. The molecule has 8 nitrogen and oxygen atoms in total. The number of allylic oxidation sites excluding steroid dienone is 1. The van der Waals surface area contributed by atoms with E-state index in [1.807, 2.05) is 0 Å². The van der Waals surface area contributed by atoms with Crippen LogP contribution in [0.2, 0.25) is 0 Å². The Hall–Kier alpha value is -2.38. The van der Waals surface area contributed by atoms with Crippen LogP contribution in [0.3, 0.4) is 0 Å². The van der Waals surface area contributed by atoms with Gasteiger partial charge in [0, 0.05) is 0 Å². The molecule has 4 N–H and O–H groups in total. The molecule has 0 saturated carbocycles. The van der Waals surface area contributed by atoms with Gasteiger partial charge in [-0.1, -0.05) is 12.2 Å². The van der Waals surface area contributed by atoms with Crippen LogP contribution in [0, 0.1) is 23.7 Å². The summed E-state index contributed by atoms with van der Waals surface area (Å²) in [7, 11) is 0. The molecule has 0 heterocycles. The van der Waals surface area contributed by atoms with E-state index in [0.717, 1.165) is 6.08 Å². The molecule has 1 aliphatic rings. The molecule has 0 aromatic carbocycles. The van der Waals surface area contributed by atoms with Crippen molar-refractivity contribution < 1.29 is 39.6 Å². The maximum absolute atomic E-state index is 11.1. The van der Waals surface area contributed by atoms with Gasteiger partial charge in [0.05, 0.1) is 24.2 Å². The van der Waals surface area contributed by atoms with Gasteiger partial charge < -0.3 is 20.4 Å². The molecular formula is C12H14O8. The number of carboxylic acid groups (broad SMARTS) is 4. The number of carbonyl (C=O) groups is 4. The van der Waals surface area contributed by atoms with Gasteiger partial charge >= 0.3 is 23.9 Å².